The Morgan fingerprint density at radius 3 is 2.45 bits per heavy atom. The molecule has 0 saturated heterocycles. The normalized spacial score (nSPS) is 10.9. The van der Waals surface area contributed by atoms with Crippen LogP contribution >= 0.6 is 11.3 Å². The number of benzene rings is 1. The van der Waals surface area contributed by atoms with Gasteiger partial charge in [-0.3, -0.25) is 0 Å². The van der Waals surface area contributed by atoms with Crippen LogP contribution in [0.2, 0.25) is 0 Å². The topological polar surface area (TPSA) is 64.9 Å². The predicted octanol–water partition coefficient (Wildman–Crippen LogP) is 3.63. The van der Waals surface area contributed by atoms with Crippen molar-refractivity contribution in [2.45, 2.75) is 6.92 Å². The molecule has 0 bridgehead atoms. The largest absolute Gasteiger partial charge is 0.391 e. The van der Waals surface area contributed by atoms with Crippen molar-refractivity contribution in [3.8, 4) is 22.2 Å². The van der Waals surface area contributed by atoms with E-state index < -0.39 is 11.6 Å². The van der Waals surface area contributed by atoms with Crippen LogP contribution in [0.3, 0.4) is 0 Å². The lowest BCUT2D eigenvalue weighted by atomic mass is 10.2. The quantitative estimate of drug-likeness (QED) is 0.783. The summed E-state index contributed by atoms with van der Waals surface area (Å²) in [5.41, 5.74) is 6.84. The maximum Gasteiger partial charge on any atom is 0.268 e. The van der Waals surface area contributed by atoms with E-state index in [1.807, 2.05) is 6.92 Å². The van der Waals surface area contributed by atoms with Gasteiger partial charge < -0.3 is 10.3 Å². The standard InChI is InChI=1S/C13H9F2N3OS/c1-6-2-10(16)20-11(6)13-17-12(18-19-13)7-3-8(14)5-9(15)4-7/h2-5H,16H2,1H3. The molecule has 0 unspecified atom stereocenters. The van der Waals surface area contributed by atoms with Crippen molar-refractivity contribution < 1.29 is 13.3 Å². The van der Waals surface area contributed by atoms with E-state index in [2.05, 4.69) is 10.1 Å². The zero-order valence-corrected chi connectivity index (χ0v) is 11.2. The lowest BCUT2D eigenvalue weighted by Gasteiger charge is -1.95. The SMILES string of the molecule is Cc1cc(N)sc1-c1nc(-c2cc(F)cc(F)c2)no1. The van der Waals surface area contributed by atoms with Crippen molar-refractivity contribution in [1.29, 1.82) is 0 Å². The lowest BCUT2D eigenvalue weighted by Crippen LogP contribution is -1.86. The molecule has 3 aromatic rings. The molecule has 0 spiro atoms. The van der Waals surface area contributed by atoms with Crippen molar-refractivity contribution in [3.05, 3.63) is 41.5 Å². The number of nitrogens with zero attached hydrogens (tertiary/aromatic N) is 2. The lowest BCUT2D eigenvalue weighted by molar-refractivity contribution is 0.433. The summed E-state index contributed by atoms with van der Waals surface area (Å²) in [7, 11) is 0. The van der Waals surface area contributed by atoms with Crippen LogP contribution in [-0.2, 0) is 0 Å². The molecule has 20 heavy (non-hydrogen) atoms. The number of aromatic nitrogens is 2. The van der Waals surface area contributed by atoms with E-state index in [1.54, 1.807) is 6.07 Å². The maximum absolute atomic E-state index is 13.2. The summed E-state index contributed by atoms with van der Waals surface area (Å²) in [5.74, 6) is -0.973. The Morgan fingerprint density at radius 2 is 1.85 bits per heavy atom. The van der Waals surface area contributed by atoms with E-state index in [4.69, 9.17) is 10.3 Å². The summed E-state index contributed by atoms with van der Waals surface area (Å²) in [4.78, 5) is 4.90. The average Bonchev–Trinajstić information content (AvgIpc) is 2.94. The number of halogens is 2. The average molecular weight is 293 g/mol. The Bertz CT molecular complexity index is 762. The molecule has 0 aliphatic rings. The van der Waals surface area contributed by atoms with Crippen molar-refractivity contribution in [1.82, 2.24) is 10.1 Å². The second-order valence-electron chi connectivity index (χ2n) is 4.24. The Kier molecular flexibility index (Phi) is 2.98. The molecule has 0 amide bonds. The van der Waals surface area contributed by atoms with Crippen LogP contribution in [-0.4, -0.2) is 10.1 Å². The smallest absolute Gasteiger partial charge is 0.268 e. The first kappa shape index (κ1) is 12.7. The van der Waals surface area contributed by atoms with Crippen LogP contribution in [0.4, 0.5) is 13.8 Å². The fourth-order valence-corrected chi connectivity index (χ4v) is 2.70. The van der Waals surface area contributed by atoms with Crippen LogP contribution in [0.5, 0.6) is 0 Å². The highest BCUT2D eigenvalue weighted by Crippen LogP contribution is 2.33. The van der Waals surface area contributed by atoms with Crippen molar-refractivity contribution >= 4 is 16.3 Å². The van der Waals surface area contributed by atoms with E-state index >= 15 is 0 Å². The minimum absolute atomic E-state index is 0.129. The first-order valence-electron chi connectivity index (χ1n) is 5.69. The molecule has 0 radical (unpaired) electrons. The highest BCUT2D eigenvalue weighted by Gasteiger charge is 2.16. The van der Waals surface area contributed by atoms with E-state index in [0.29, 0.717) is 5.00 Å². The van der Waals surface area contributed by atoms with Gasteiger partial charge in [-0.25, -0.2) is 8.78 Å². The summed E-state index contributed by atoms with van der Waals surface area (Å²) in [6, 6.07) is 4.88. The molecule has 2 heterocycles. The summed E-state index contributed by atoms with van der Waals surface area (Å²) in [6.07, 6.45) is 0. The molecule has 0 fully saturated rings. The van der Waals surface area contributed by atoms with E-state index in [9.17, 15) is 8.78 Å². The molecule has 0 aliphatic carbocycles. The van der Waals surface area contributed by atoms with Gasteiger partial charge in [0.1, 0.15) is 11.6 Å². The number of hydrogen-bond donors (Lipinski definition) is 1. The third-order valence-electron chi connectivity index (χ3n) is 2.68. The zero-order valence-electron chi connectivity index (χ0n) is 10.4. The molecule has 3 rings (SSSR count). The van der Waals surface area contributed by atoms with Gasteiger partial charge in [-0.1, -0.05) is 5.16 Å². The fourth-order valence-electron chi connectivity index (χ4n) is 1.83. The van der Waals surface area contributed by atoms with E-state index in [-0.39, 0.29) is 17.3 Å². The van der Waals surface area contributed by atoms with Crippen LogP contribution in [0.1, 0.15) is 5.56 Å². The Labute approximate surface area is 116 Å². The van der Waals surface area contributed by atoms with Crippen LogP contribution in [0.15, 0.2) is 28.8 Å². The molecule has 0 aliphatic heterocycles. The second kappa shape index (κ2) is 4.68. The summed E-state index contributed by atoms with van der Waals surface area (Å²) in [5, 5.41) is 4.38. The minimum Gasteiger partial charge on any atom is -0.391 e. The molecule has 0 saturated carbocycles. The third kappa shape index (κ3) is 2.27. The highest BCUT2D eigenvalue weighted by atomic mass is 32.1. The zero-order chi connectivity index (χ0) is 14.3. The number of nitrogen functional groups attached to an aromatic ring is 1. The Morgan fingerprint density at radius 1 is 1.15 bits per heavy atom. The van der Waals surface area contributed by atoms with Crippen LogP contribution in [0.25, 0.3) is 22.2 Å². The Hall–Kier alpha value is -2.28. The summed E-state index contributed by atoms with van der Waals surface area (Å²) in [6.45, 7) is 1.87. The van der Waals surface area contributed by atoms with Gasteiger partial charge >= 0.3 is 0 Å². The molecule has 0 atom stereocenters. The highest BCUT2D eigenvalue weighted by molar-refractivity contribution is 7.19. The van der Waals surface area contributed by atoms with Crippen molar-refractivity contribution in [2.24, 2.45) is 0 Å². The van der Waals surface area contributed by atoms with Gasteiger partial charge in [-0.05, 0) is 30.7 Å². The molecule has 2 N–H and O–H groups in total. The molecular formula is C13H9F2N3OS. The van der Waals surface area contributed by atoms with Crippen LogP contribution < -0.4 is 5.73 Å². The van der Waals surface area contributed by atoms with E-state index in [0.717, 1.165) is 28.6 Å². The van der Waals surface area contributed by atoms with Gasteiger partial charge in [0.2, 0.25) is 5.82 Å². The van der Waals surface area contributed by atoms with Gasteiger partial charge in [-0.2, -0.15) is 4.98 Å². The first-order valence-corrected chi connectivity index (χ1v) is 6.51. The monoisotopic (exact) mass is 293 g/mol. The van der Waals surface area contributed by atoms with Crippen LogP contribution in [0, 0.1) is 18.6 Å². The van der Waals surface area contributed by atoms with E-state index in [1.165, 1.54) is 11.3 Å². The minimum atomic E-state index is -0.692. The second-order valence-corrected chi connectivity index (χ2v) is 5.33. The molecule has 102 valence electrons. The molecule has 4 nitrogen and oxygen atoms in total. The maximum atomic E-state index is 13.2. The number of hydrogen-bond acceptors (Lipinski definition) is 5. The van der Waals surface area contributed by atoms with Crippen molar-refractivity contribution in [2.75, 3.05) is 5.73 Å². The van der Waals surface area contributed by atoms with Gasteiger partial charge in [0.05, 0.1) is 9.88 Å². The molecular weight excluding hydrogens is 284 g/mol. The molecule has 7 heteroatoms. The molecule has 2 aromatic heterocycles. The number of rotatable bonds is 2. The predicted molar refractivity (Wildman–Crippen MR) is 72.1 cm³/mol. The number of nitrogens with two attached hydrogens (primary N) is 1. The van der Waals surface area contributed by atoms with Crippen molar-refractivity contribution in [3.63, 3.8) is 0 Å². The Balaban J connectivity index is 2.04. The van der Waals surface area contributed by atoms with Gasteiger partial charge in [-0.15, -0.1) is 11.3 Å². The van der Waals surface area contributed by atoms with Gasteiger partial charge in [0.15, 0.2) is 0 Å². The summed E-state index contributed by atoms with van der Waals surface area (Å²) < 4.78 is 31.5. The van der Waals surface area contributed by atoms with Gasteiger partial charge in [0.25, 0.3) is 5.89 Å². The first-order chi connectivity index (χ1) is 9.52. The third-order valence-corrected chi connectivity index (χ3v) is 3.73. The number of thiophene rings is 1. The fraction of sp³-hybridized carbons (Fsp3) is 0.0769. The summed E-state index contributed by atoms with van der Waals surface area (Å²) >= 11 is 1.32. The number of aryl methyl sites for hydroxylation is 1. The number of anilines is 1. The molecule has 1 aromatic carbocycles. The van der Waals surface area contributed by atoms with Gasteiger partial charge in [0, 0.05) is 11.6 Å².